The molecule has 1 aromatic carbocycles. The molecule has 0 bridgehead atoms. The van der Waals surface area contributed by atoms with Crippen LogP contribution in [0.2, 0.25) is 0 Å². The Hall–Kier alpha value is -3.41. The number of nitrogens with one attached hydrogen (secondary N) is 2. The fourth-order valence-electron chi connectivity index (χ4n) is 2.49. The van der Waals surface area contributed by atoms with Gasteiger partial charge in [0.1, 0.15) is 5.75 Å². The molecule has 0 aliphatic rings. The van der Waals surface area contributed by atoms with Crippen molar-refractivity contribution in [1.29, 1.82) is 0 Å². The third kappa shape index (κ3) is 2.46. The third-order valence-corrected chi connectivity index (χ3v) is 3.56. The number of hydrogen-bond donors (Lipinski definition) is 3. The molecule has 112 valence electrons. The van der Waals surface area contributed by atoms with Crippen molar-refractivity contribution in [3.8, 4) is 17.0 Å². The summed E-state index contributed by atoms with van der Waals surface area (Å²) >= 11 is 0. The fraction of sp³-hybridized carbons (Fsp3) is 0. The smallest absolute Gasteiger partial charge is 0.162 e. The lowest BCUT2D eigenvalue weighted by Crippen LogP contribution is -1.92. The average Bonchev–Trinajstić information content (AvgIpc) is 3.01. The van der Waals surface area contributed by atoms with E-state index in [1.54, 1.807) is 24.5 Å². The number of rotatable bonds is 3. The molecule has 0 saturated heterocycles. The van der Waals surface area contributed by atoms with Gasteiger partial charge < -0.3 is 15.4 Å². The molecule has 0 spiro atoms. The van der Waals surface area contributed by atoms with Gasteiger partial charge in [-0.15, -0.1) is 5.10 Å². The lowest BCUT2D eigenvalue weighted by Gasteiger charge is -2.07. The Bertz CT molecular complexity index is 948. The van der Waals surface area contributed by atoms with Crippen LogP contribution in [0, 0.1) is 0 Å². The van der Waals surface area contributed by atoms with Crippen molar-refractivity contribution in [2.24, 2.45) is 0 Å². The summed E-state index contributed by atoms with van der Waals surface area (Å²) in [6.45, 7) is 0. The Balaban J connectivity index is 1.83. The normalized spacial score (nSPS) is 10.8. The largest absolute Gasteiger partial charge is 0.508 e. The summed E-state index contributed by atoms with van der Waals surface area (Å²) in [6, 6.07) is 12.6. The van der Waals surface area contributed by atoms with E-state index in [4.69, 9.17) is 0 Å². The number of pyridine rings is 1. The van der Waals surface area contributed by atoms with Gasteiger partial charge in [0.05, 0.1) is 23.0 Å². The molecule has 0 radical (unpaired) electrons. The first-order valence-electron chi connectivity index (χ1n) is 7.11. The van der Waals surface area contributed by atoms with Crippen LogP contribution in [-0.2, 0) is 0 Å². The molecule has 0 saturated carbocycles. The van der Waals surface area contributed by atoms with Crippen molar-refractivity contribution < 1.29 is 5.11 Å². The van der Waals surface area contributed by atoms with Gasteiger partial charge in [0.25, 0.3) is 0 Å². The lowest BCUT2D eigenvalue weighted by molar-refractivity contribution is 0.475. The zero-order chi connectivity index (χ0) is 15.6. The lowest BCUT2D eigenvalue weighted by atomic mass is 10.1. The van der Waals surface area contributed by atoms with Gasteiger partial charge in [-0.3, -0.25) is 4.98 Å². The van der Waals surface area contributed by atoms with Gasteiger partial charge in [-0.2, -0.15) is 5.10 Å². The van der Waals surface area contributed by atoms with Crippen molar-refractivity contribution in [3.63, 3.8) is 0 Å². The first-order valence-corrected chi connectivity index (χ1v) is 7.11. The van der Waals surface area contributed by atoms with Crippen molar-refractivity contribution in [2.45, 2.75) is 0 Å². The van der Waals surface area contributed by atoms with Crippen LogP contribution >= 0.6 is 0 Å². The van der Waals surface area contributed by atoms with Crippen molar-refractivity contribution in [2.75, 3.05) is 5.32 Å². The van der Waals surface area contributed by atoms with E-state index in [0.29, 0.717) is 5.65 Å². The molecular weight excluding hydrogens is 290 g/mol. The number of phenols is 1. The third-order valence-electron chi connectivity index (χ3n) is 3.56. The molecule has 23 heavy (non-hydrogen) atoms. The maximum Gasteiger partial charge on any atom is 0.162 e. The second-order valence-electron chi connectivity index (χ2n) is 5.07. The number of anilines is 2. The number of aromatic nitrogens is 4. The van der Waals surface area contributed by atoms with Gasteiger partial charge >= 0.3 is 0 Å². The average molecular weight is 303 g/mol. The van der Waals surface area contributed by atoms with Gasteiger partial charge in [-0.1, -0.05) is 6.07 Å². The molecule has 0 aliphatic carbocycles. The predicted molar refractivity (Wildman–Crippen MR) is 88.5 cm³/mol. The monoisotopic (exact) mass is 303 g/mol. The summed E-state index contributed by atoms with van der Waals surface area (Å²) < 4.78 is 0. The number of phenolic OH excluding ortho intramolecular Hbond substituents is 1. The number of nitrogens with zero attached hydrogens (tertiary/aromatic N) is 3. The summed E-state index contributed by atoms with van der Waals surface area (Å²) in [5.41, 5.74) is 4.17. The van der Waals surface area contributed by atoms with Crippen molar-refractivity contribution >= 4 is 22.4 Å². The highest BCUT2D eigenvalue weighted by Crippen LogP contribution is 2.33. The molecular formula is C17H13N5O. The molecule has 3 heterocycles. The Morgan fingerprint density at radius 3 is 2.70 bits per heavy atom. The molecule has 6 heteroatoms. The predicted octanol–water partition coefficient (Wildman–Crippen LogP) is 3.47. The summed E-state index contributed by atoms with van der Waals surface area (Å²) in [4.78, 5) is 7.51. The summed E-state index contributed by atoms with van der Waals surface area (Å²) in [7, 11) is 0. The Morgan fingerprint density at radius 2 is 1.91 bits per heavy atom. The standard InChI is InChI=1S/C17H13N5O/c23-12-6-4-11(5-7-12)21-15-10-19-17-16(15)13(9-20-22-17)14-3-1-2-8-18-14/h1-10,21,23H,(H,19,22). The van der Waals surface area contributed by atoms with E-state index in [-0.39, 0.29) is 5.75 Å². The quantitative estimate of drug-likeness (QED) is 0.504. The van der Waals surface area contributed by atoms with E-state index >= 15 is 0 Å². The van der Waals surface area contributed by atoms with Gasteiger partial charge in [-0.05, 0) is 36.4 Å². The Labute approximate surface area is 131 Å². The number of hydrogen-bond acceptors (Lipinski definition) is 5. The van der Waals surface area contributed by atoms with Crippen LogP contribution in [-0.4, -0.2) is 25.3 Å². The van der Waals surface area contributed by atoms with E-state index < -0.39 is 0 Å². The first kappa shape index (κ1) is 13.3. The van der Waals surface area contributed by atoms with Crippen LogP contribution in [0.15, 0.2) is 61.1 Å². The summed E-state index contributed by atoms with van der Waals surface area (Å²) in [6.07, 6.45) is 5.31. The van der Waals surface area contributed by atoms with Crippen LogP contribution in [0.25, 0.3) is 22.3 Å². The van der Waals surface area contributed by atoms with E-state index in [1.165, 1.54) is 0 Å². The van der Waals surface area contributed by atoms with Gasteiger partial charge in [0, 0.05) is 23.6 Å². The minimum atomic E-state index is 0.231. The molecule has 4 aromatic rings. The second-order valence-corrected chi connectivity index (χ2v) is 5.07. The van der Waals surface area contributed by atoms with Crippen LogP contribution in [0.3, 0.4) is 0 Å². The number of aromatic amines is 1. The van der Waals surface area contributed by atoms with E-state index in [1.807, 2.05) is 36.5 Å². The van der Waals surface area contributed by atoms with Crippen molar-refractivity contribution in [3.05, 3.63) is 61.1 Å². The molecule has 0 unspecified atom stereocenters. The minimum absolute atomic E-state index is 0.231. The molecule has 0 aliphatic heterocycles. The van der Waals surface area contributed by atoms with Gasteiger partial charge in [0.2, 0.25) is 0 Å². The molecule has 6 nitrogen and oxygen atoms in total. The highest BCUT2D eigenvalue weighted by Gasteiger charge is 2.13. The Kier molecular flexibility index (Phi) is 3.12. The fourth-order valence-corrected chi connectivity index (χ4v) is 2.49. The van der Waals surface area contributed by atoms with Crippen molar-refractivity contribution in [1.82, 2.24) is 20.2 Å². The Morgan fingerprint density at radius 1 is 1.04 bits per heavy atom. The molecule has 0 amide bonds. The summed E-state index contributed by atoms with van der Waals surface area (Å²) in [5.74, 6) is 0.231. The minimum Gasteiger partial charge on any atom is -0.508 e. The van der Waals surface area contributed by atoms with E-state index in [9.17, 15) is 5.11 Å². The molecule has 3 N–H and O–H groups in total. The highest BCUT2D eigenvalue weighted by atomic mass is 16.3. The van der Waals surface area contributed by atoms with E-state index in [2.05, 4.69) is 25.5 Å². The van der Waals surface area contributed by atoms with Crippen LogP contribution in [0.1, 0.15) is 0 Å². The van der Waals surface area contributed by atoms with Crippen LogP contribution in [0.5, 0.6) is 5.75 Å². The molecule has 3 aromatic heterocycles. The number of fused-ring (bicyclic) bond motifs is 1. The highest BCUT2D eigenvalue weighted by molar-refractivity contribution is 6.02. The molecule has 0 fully saturated rings. The summed E-state index contributed by atoms with van der Waals surface area (Å²) in [5, 5.41) is 21.8. The molecule has 0 atom stereocenters. The maximum atomic E-state index is 9.39. The zero-order valence-electron chi connectivity index (χ0n) is 12.1. The van der Waals surface area contributed by atoms with Crippen LogP contribution in [0.4, 0.5) is 11.4 Å². The number of aromatic hydroxyl groups is 1. The van der Waals surface area contributed by atoms with E-state index in [0.717, 1.165) is 28.0 Å². The number of benzene rings is 1. The van der Waals surface area contributed by atoms with Gasteiger partial charge in [0.15, 0.2) is 5.65 Å². The number of H-pyrrole nitrogens is 1. The SMILES string of the molecule is Oc1ccc(Nc2c[nH]c3nncc(-c4ccccn4)c23)cc1. The maximum absolute atomic E-state index is 9.39. The first-order chi connectivity index (χ1) is 11.3. The topological polar surface area (TPSA) is 86.7 Å². The molecule has 4 rings (SSSR count). The van der Waals surface area contributed by atoms with Crippen LogP contribution < -0.4 is 5.32 Å². The zero-order valence-corrected chi connectivity index (χ0v) is 12.1. The van der Waals surface area contributed by atoms with Gasteiger partial charge in [-0.25, -0.2) is 0 Å². The second kappa shape index (κ2) is 5.42.